The number of carbonyl (C=O) groups is 1. The van der Waals surface area contributed by atoms with Gasteiger partial charge in [0.1, 0.15) is 5.54 Å². The normalized spacial score (nSPS) is 34.7. The van der Waals surface area contributed by atoms with Gasteiger partial charge in [0.15, 0.2) is 0 Å². The molecule has 3 fully saturated rings. The van der Waals surface area contributed by atoms with Gasteiger partial charge in [0.2, 0.25) is 15.9 Å². The van der Waals surface area contributed by atoms with E-state index in [0.29, 0.717) is 6.04 Å². The first-order chi connectivity index (χ1) is 11.4. The van der Waals surface area contributed by atoms with E-state index in [2.05, 4.69) is 20.9 Å². The van der Waals surface area contributed by atoms with Crippen molar-refractivity contribution in [2.75, 3.05) is 31.9 Å². The highest BCUT2D eigenvalue weighted by molar-refractivity contribution is 7.89. The number of rotatable bonds is 7. The molecule has 0 aromatic heterocycles. The van der Waals surface area contributed by atoms with Crippen molar-refractivity contribution >= 4 is 15.9 Å². The minimum atomic E-state index is -3.14. The molecule has 0 aromatic carbocycles. The monoisotopic (exact) mass is 357 g/mol. The van der Waals surface area contributed by atoms with Crippen molar-refractivity contribution < 1.29 is 13.2 Å². The van der Waals surface area contributed by atoms with Gasteiger partial charge >= 0.3 is 0 Å². The van der Waals surface area contributed by atoms with E-state index in [-0.39, 0.29) is 17.7 Å². The van der Waals surface area contributed by atoms with Crippen molar-refractivity contribution in [2.45, 2.75) is 56.7 Å². The van der Waals surface area contributed by atoms with Crippen LogP contribution in [0.15, 0.2) is 0 Å². The van der Waals surface area contributed by atoms with Gasteiger partial charge in [-0.3, -0.25) is 9.69 Å². The van der Waals surface area contributed by atoms with E-state index in [4.69, 9.17) is 5.73 Å². The summed E-state index contributed by atoms with van der Waals surface area (Å²) in [5.74, 6) is -0.0766. The van der Waals surface area contributed by atoms with Crippen molar-refractivity contribution in [1.82, 2.24) is 14.5 Å². The van der Waals surface area contributed by atoms with Crippen LogP contribution in [0.2, 0.25) is 0 Å². The fourth-order valence-corrected chi connectivity index (χ4v) is 5.38. The zero-order valence-electron chi connectivity index (χ0n) is 14.4. The third-order valence-corrected chi connectivity index (χ3v) is 7.37. The lowest BCUT2D eigenvalue weighted by Crippen LogP contribution is -2.59. The Kier molecular flexibility index (Phi) is 5.20. The Bertz CT molecular complexity index is 578. The zero-order valence-corrected chi connectivity index (χ0v) is 15.2. The predicted octanol–water partition coefficient (Wildman–Crippen LogP) is -0.313. The molecule has 0 aromatic rings. The maximum atomic E-state index is 12.1. The van der Waals surface area contributed by atoms with Gasteiger partial charge in [0.25, 0.3) is 0 Å². The van der Waals surface area contributed by atoms with E-state index in [1.807, 2.05) is 0 Å². The number of sulfonamides is 1. The van der Waals surface area contributed by atoms with Gasteiger partial charge in [-0.2, -0.15) is 0 Å². The highest BCUT2D eigenvalue weighted by Crippen LogP contribution is 2.43. The number of primary amides is 1. The summed E-state index contributed by atoms with van der Waals surface area (Å²) in [6.45, 7) is 4.98. The molecule has 1 radical (unpaired) electrons. The largest absolute Gasteiger partial charge is 0.368 e. The molecule has 24 heavy (non-hydrogen) atoms. The molecule has 1 amide bonds. The Labute approximate surface area is 145 Å². The summed E-state index contributed by atoms with van der Waals surface area (Å²) in [5, 5.41) is 0. The lowest BCUT2D eigenvalue weighted by atomic mass is 9.87. The minimum absolute atomic E-state index is 0.00598. The first kappa shape index (κ1) is 18.1. The first-order valence-electron chi connectivity index (χ1n) is 8.97. The molecule has 137 valence electrons. The molecule has 8 heteroatoms. The van der Waals surface area contributed by atoms with E-state index in [1.165, 1.54) is 0 Å². The van der Waals surface area contributed by atoms with E-state index >= 15 is 0 Å². The number of nitrogens with one attached hydrogen (secondary N) is 1. The van der Waals surface area contributed by atoms with Gasteiger partial charge in [0, 0.05) is 31.7 Å². The number of piperidine rings is 1. The third-order valence-electron chi connectivity index (χ3n) is 5.92. The second-order valence-corrected chi connectivity index (χ2v) is 9.36. The third kappa shape index (κ3) is 3.47. The average molecular weight is 358 g/mol. The molecule has 3 aliphatic heterocycles. The summed E-state index contributed by atoms with van der Waals surface area (Å²) in [6.07, 6.45) is 6.76. The molecule has 0 spiro atoms. The number of nitrogens with two attached hydrogens (primary N) is 1. The number of likely N-dealkylation sites (tertiary alicyclic amines) is 1. The molecular weight excluding hydrogens is 328 g/mol. The predicted molar refractivity (Wildman–Crippen MR) is 92.6 cm³/mol. The lowest BCUT2D eigenvalue weighted by Gasteiger charge is -2.43. The molecule has 0 saturated carbocycles. The summed E-state index contributed by atoms with van der Waals surface area (Å²) < 4.78 is 26.1. The highest BCUT2D eigenvalue weighted by Gasteiger charge is 2.52. The topological polar surface area (TPSA) is 95.7 Å². The quantitative estimate of drug-likeness (QED) is 0.651. The van der Waals surface area contributed by atoms with Crippen LogP contribution >= 0.6 is 0 Å². The van der Waals surface area contributed by atoms with Gasteiger partial charge in [0.05, 0.1) is 5.75 Å². The maximum absolute atomic E-state index is 12.1. The number of hydrogen-bond acceptors (Lipinski definition) is 5. The van der Waals surface area contributed by atoms with E-state index in [1.54, 1.807) is 6.92 Å². The van der Waals surface area contributed by atoms with Crippen molar-refractivity contribution in [3.05, 3.63) is 6.42 Å². The second-order valence-electron chi connectivity index (χ2n) is 7.32. The summed E-state index contributed by atoms with van der Waals surface area (Å²) in [4.78, 5) is 16.7. The fourth-order valence-electron chi connectivity index (χ4n) is 4.51. The Balaban J connectivity index is 1.54. The van der Waals surface area contributed by atoms with Crippen molar-refractivity contribution in [3.8, 4) is 0 Å². The second kappa shape index (κ2) is 6.90. The molecular formula is C16H29N4O3S. The van der Waals surface area contributed by atoms with Crippen LogP contribution < -0.4 is 10.5 Å². The van der Waals surface area contributed by atoms with Gasteiger partial charge in [-0.25, -0.2) is 13.1 Å². The van der Waals surface area contributed by atoms with Crippen molar-refractivity contribution in [3.63, 3.8) is 0 Å². The van der Waals surface area contributed by atoms with Crippen LogP contribution in [-0.2, 0) is 14.8 Å². The lowest BCUT2D eigenvalue weighted by molar-refractivity contribution is -0.130. The fraction of sp³-hybridized carbons (Fsp3) is 0.875. The van der Waals surface area contributed by atoms with E-state index in [9.17, 15) is 13.2 Å². The molecule has 7 nitrogen and oxygen atoms in total. The molecule has 0 aliphatic carbocycles. The zero-order chi connectivity index (χ0) is 17.4. The van der Waals surface area contributed by atoms with Gasteiger partial charge in [-0.1, -0.05) is 0 Å². The summed E-state index contributed by atoms with van der Waals surface area (Å²) in [6, 6.07) is 0.440. The molecule has 2 bridgehead atoms. The van der Waals surface area contributed by atoms with Crippen LogP contribution in [0.5, 0.6) is 0 Å². The molecule has 3 N–H and O–H groups in total. The van der Waals surface area contributed by atoms with Crippen LogP contribution in [0.25, 0.3) is 0 Å². The Morgan fingerprint density at radius 3 is 2.88 bits per heavy atom. The van der Waals surface area contributed by atoms with Crippen molar-refractivity contribution in [2.24, 2.45) is 5.73 Å². The number of carbonyl (C=O) groups excluding carboxylic acids is 1. The summed E-state index contributed by atoms with van der Waals surface area (Å²) in [7, 11) is -3.14. The Hall–Kier alpha value is -0.700. The SMILES string of the molecule is CCS(=O)(=O)N[C@@H]1CCN(CCN2[C@@H]3C[CH]C[C@@]2(C(N)=O)CC3)C1. The Morgan fingerprint density at radius 1 is 1.38 bits per heavy atom. The number of amides is 1. The number of fused-ring (bicyclic) bond motifs is 2. The molecule has 3 aliphatic rings. The van der Waals surface area contributed by atoms with Gasteiger partial charge in [-0.05, 0) is 52.0 Å². The average Bonchev–Trinajstić information content (AvgIpc) is 3.04. The highest BCUT2D eigenvalue weighted by atomic mass is 32.2. The molecule has 3 atom stereocenters. The van der Waals surface area contributed by atoms with Crippen molar-refractivity contribution in [1.29, 1.82) is 0 Å². The van der Waals surface area contributed by atoms with Crippen LogP contribution in [0.1, 0.15) is 39.0 Å². The molecule has 3 rings (SSSR count). The van der Waals surface area contributed by atoms with E-state index in [0.717, 1.165) is 58.3 Å². The standard InChI is InChI=1S/C16H29N4O3S/c1-2-24(22,23)18-13-6-9-19(12-13)10-11-20-14-4-3-7-16(20,8-5-14)15(17)21/h3,13-14,18H,2,4-12H2,1H3,(H2,17,21)/t13-,14-,16+/m1/s1. The van der Waals surface area contributed by atoms with Crippen LogP contribution in [-0.4, -0.2) is 73.7 Å². The molecule has 3 heterocycles. The number of nitrogens with zero attached hydrogens (tertiary/aromatic N) is 2. The van der Waals surface area contributed by atoms with Gasteiger partial charge < -0.3 is 10.6 Å². The maximum Gasteiger partial charge on any atom is 0.237 e. The minimum Gasteiger partial charge on any atom is -0.368 e. The van der Waals surface area contributed by atoms with Crippen LogP contribution in [0.3, 0.4) is 0 Å². The van der Waals surface area contributed by atoms with Gasteiger partial charge in [-0.15, -0.1) is 0 Å². The first-order valence-corrected chi connectivity index (χ1v) is 10.6. The molecule has 0 unspecified atom stereocenters. The molecule has 3 saturated heterocycles. The van der Waals surface area contributed by atoms with Crippen LogP contribution in [0.4, 0.5) is 0 Å². The van der Waals surface area contributed by atoms with E-state index < -0.39 is 15.6 Å². The summed E-state index contributed by atoms with van der Waals surface area (Å²) >= 11 is 0. The number of hydrogen-bond donors (Lipinski definition) is 2. The Morgan fingerprint density at radius 2 is 2.17 bits per heavy atom. The summed E-state index contributed by atoms with van der Waals surface area (Å²) in [5.41, 5.74) is 5.25. The van der Waals surface area contributed by atoms with Crippen LogP contribution in [0, 0.1) is 6.42 Å². The smallest absolute Gasteiger partial charge is 0.237 e.